The van der Waals surface area contributed by atoms with E-state index in [-0.39, 0.29) is 6.04 Å². The van der Waals surface area contributed by atoms with Gasteiger partial charge in [0.25, 0.3) is 0 Å². The summed E-state index contributed by atoms with van der Waals surface area (Å²) in [5, 5.41) is 3.51. The lowest BCUT2D eigenvalue weighted by atomic mass is 10.1. The zero-order valence-electron chi connectivity index (χ0n) is 11.0. The van der Waals surface area contributed by atoms with E-state index in [1.54, 1.807) is 11.3 Å². The molecule has 0 fully saturated rings. The van der Waals surface area contributed by atoms with Crippen molar-refractivity contribution in [2.75, 3.05) is 6.79 Å². The van der Waals surface area contributed by atoms with Gasteiger partial charge in [-0.3, -0.25) is 0 Å². The highest BCUT2D eigenvalue weighted by molar-refractivity contribution is 7.09. The second-order valence-corrected chi connectivity index (χ2v) is 5.48. The number of nitrogens with one attached hydrogen (secondary N) is 1. The summed E-state index contributed by atoms with van der Waals surface area (Å²) in [6, 6.07) is 6.22. The first-order chi connectivity index (χ1) is 9.25. The minimum atomic E-state index is 0.207. The van der Waals surface area contributed by atoms with E-state index >= 15 is 0 Å². The molecule has 0 saturated heterocycles. The van der Waals surface area contributed by atoms with Gasteiger partial charge in [-0.25, -0.2) is 4.98 Å². The standard InChI is InChI=1S/C14H16N2O2S/c1-9(15-6-13-10(2)16-7-19-13)11-4-3-5-12-14(11)18-8-17-12/h3-5,7,9,15H,6,8H2,1-2H3/t9-/m0/s1. The lowest BCUT2D eigenvalue weighted by Crippen LogP contribution is -2.18. The van der Waals surface area contributed by atoms with Crippen LogP contribution in [0.4, 0.5) is 0 Å². The highest BCUT2D eigenvalue weighted by Crippen LogP contribution is 2.38. The monoisotopic (exact) mass is 276 g/mol. The fourth-order valence-corrected chi connectivity index (χ4v) is 2.87. The van der Waals surface area contributed by atoms with Gasteiger partial charge >= 0.3 is 0 Å². The molecule has 0 saturated carbocycles. The molecule has 19 heavy (non-hydrogen) atoms. The SMILES string of the molecule is Cc1ncsc1CN[C@@H](C)c1cccc2c1OCO2. The third-order valence-corrected chi connectivity index (χ3v) is 4.24. The fourth-order valence-electron chi connectivity index (χ4n) is 2.15. The largest absolute Gasteiger partial charge is 0.454 e. The van der Waals surface area contributed by atoms with E-state index in [4.69, 9.17) is 9.47 Å². The summed E-state index contributed by atoms with van der Waals surface area (Å²) in [5.74, 6) is 1.70. The number of para-hydroxylation sites is 1. The van der Waals surface area contributed by atoms with E-state index in [1.165, 1.54) is 4.88 Å². The van der Waals surface area contributed by atoms with Crippen LogP contribution >= 0.6 is 11.3 Å². The van der Waals surface area contributed by atoms with Crippen molar-refractivity contribution in [1.82, 2.24) is 10.3 Å². The molecule has 1 aromatic heterocycles. The van der Waals surface area contributed by atoms with Gasteiger partial charge in [0.2, 0.25) is 6.79 Å². The van der Waals surface area contributed by atoms with Gasteiger partial charge in [-0.15, -0.1) is 11.3 Å². The number of rotatable bonds is 4. The van der Waals surface area contributed by atoms with Crippen molar-refractivity contribution in [1.29, 1.82) is 0 Å². The molecule has 1 aromatic carbocycles. The van der Waals surface area contributed by atoms with Crippen LogP contribution in [0.1, 0.15) is 29.1 Å². The molecule has 2 aromatic rings. The predicted molar refractivity (Wildman–Crippen MR) is 74.7 cm³/mol. The summed E-state index contributed by atoms with van der Waals surface area (Å²) in [7, 11) is 0. The number of hydrogen-bond donors (Lipinski definition) is 1. The second-order valence-electron chi connectivity index (χ2n) is 4.54. The van der Waals surface area contributed by atoms with Crippen LogP contribution in [0.5, 0.6) is 11.5 Å². The summed E-state index contributed by atoms with van der Waals surface area (Å²) in [5.41, 5.74) is 4.12. The van der Waals surface area contributed by atoms with E-state index in [1.807, 2.05) is 24.6 Å². The minimum Gasteiger partial charge on any atom is -0.454 e. The molecule has 1 aliphatic rings. The molecule has 0 unspecified atom stereocenters. The van der Waals surface area contributed by atoms with Crippen molar-refractivity contribution in [2.24, 2.45) is 0 Å². The van der Waals surface area contributed by atoms with Gasteiger partial charge in [-0.1, -0.05) is 12.1 Å². The smallest absolute Gasteiger partial charge is 0.231 e. The van der Waals surface area contributed by atoms with Crippen LogP contribution in [-0.4, -0.2) is 11.8 Å². The third kappa shape index (κ3) is 2.43. The first-order valence-corrected chi connectivity index (χ1v) is 7.14. The highest BCUT2D eigenvalue weighted by atomic mass is 32.1. The lowest BCUT2D eigenvalue weighted by molar-refractivity contribution is 0.173. The molecule has 0 radical (unpaired) electrons. The van der Waals surface area contributed by atoms with Crippen LogP contribution < -0.4 is 14.8 Å². The molecular formula is C14H16N2O2S. The van der Waals surface area contributed by atoms with Crippen molar-refractivity contribution in [3.63, 3.8) is 0 Å². The third-order valence-electron chi connectivity index (χ3n) is 3.31. The van der Waals surface area contributed by atoms with Gasteiger partial charge in [0.05, 0.1) is 11.2 Å². The van der Waals surface area contributed by atoms with E-state index in [0.29, 0.717) is 6.79 Å². The average Bonchev–Trinajstić information content (AvgIpc) is 3.04. The number of benzene rings is 1. The summed E-state index contributed by atoms with van der Waals surface area (Å²) in [6.07, 6.45) is 0. The van der Waals surface area contributed by atoms with Crippen LogP contribution in [0, 0.1) is 6.92 Å². The Bertz CT molecular complexity index is 583. The molecule has 1 aliphatic heterocycles. The maximum Gasteiger partial charge on any atom is 0.231 e. The maximum atomic E-state index is 5.54. The Morgan fingerprint density at radius 1 is 1.42 bits per heavy atom. The van der Waals surface area contributed by atoms with E-state index in [0.717, 1.165) is 29.3 Å². The second kappa shape index (κ2) is 5.19. The van der Waals surface area contributed by atoms with Crippen molar-refractivity contribution >= 4 is 11.3 Å². The van der Waals surface area contributed by atoms with E-state index in [2.05, 4.69) is 23.3 Å². The van der Waals surface area contributed by atoms with Crippen molar-refractivity contribution in [2.45, 2.75) is 26.4 Å². The Kier molecular flexibility index (Phi) is 3.40. The van der Waals surface area contributed by atoms with Gasteiger partial charge in [0.15, 0.2) is 11.5 Å². The Hall–Kier alpha value is -1.59. The molecular weight excluding hydrogens is 260 g/mol. The van der Waals surface area contributed by atoms with Crippen molar-refractivity contribution in [3.05, 3.63) is 39.8 Å². The number of hydrogen-bond acceptors (Lipinski definition) is 5. The fraction of sp³-hybridized carbons (Fsp3) is 0.357. The molecule has 4 nitrogen and oxygen atoms in total. The van der Waals surface area contributed by atoms with Crippen LogP contribution in [0.25, 0.3) is 0 Å². The predicted octanol–water partition coefficient (Wildman–Crippen LogP) is 3.03. The van der Waals surface area contributed by atoms with E-state index < -0.39 is 0 Å². The van der Waals surface area contributed by atoms with Crippen LogP contribution in [0.3, 0.4) is 0 Å². The number of aryl methyl sites for hydroxylation is 1. The molecule has 1 N–H and O–H groups in total. The minimum absolute atomic E-state index is 0.207. The number of fused-ring (bicyclic) bond motifs is 1. The molecule has 3 rings (SSSR count). The van der Waals surface area contributed by atoms with Gasteiger partial charge in [-0.2, -0.15) is 0 Å². The van der Waals surface area contributed by atoms with Crippen molar-refractivity contribution < 1.29 is 9.47 Å². The first kappa shape index (κ1) is 12.4. The molecule has 100 valence electrons. The summed E-state index contributed by atoms with van der Waals surface area (Å²) >= 11 is 1.68. The highest BCUT2D eigenvalue weighted by Gasteiger charge is 2.20. The number of thiazole rings is 1. The van der Waals surface area contributed by atoms with Gasteiger partial charge in [-0.05, 0) is 19.9 Å². The number of nitrogens with zero attached hydrogens (tertiary/aromatic N) is 1. The molecule has 5 heteroatoms. The van der Waals surface area contributed by atoms with Crippen LogP contribution in [0.2, 0.25) is 0 Å². The van der Waals surface area contributed by atoms with Gasteiger partial charge < -0.3 is 14.8 Å². The van der Waals surface area contributed by atoms with Crippen molar-refractivity contribution in [3.8, 4) is 11.5 Å². The quantitative estimate of drug-likeness (QED) is 0.932. The Morgan fingerprint density at radius 3 is 3.11 bits per heavy atom. The molecule has 0 aliphatic carbocycles. The Morgan fingerprint density at radius 2 is 2.32 bits per heavy atom. The topological polar surface area (TPSA) is 43.4 Å². The van der Waals surface area contributed by atoms with E-state index in [9.17, 15) is 0 Å². The van der Waals surface area contributed by atoms with Crippen LogP contribution in [0.15, 0.2) is 23.7 Å². The summed E-state index contributed by atoms with van der Waals surface area (Å²) < 4.78 is 10.9. The lowest BCUT2D eigenvalue weighted by Gasteiger charge is -2.15. The molecule has 0 spiro atoms. The molecule has 0 bridgehead atoms. The normalized spacial score (nSPS) is 14.6. The maximum absolute atomic E-state index is 5.54. The molecule has 2 heterocycles. The Labute approximate surface area is 116 Å². The Balaban J connectivity index is 1.73. The zero-order valence-corrected chi connectivity index (χ0v) is 11.8. The van der Waals surface area contributed by atoms with Gasteiger partial charge in [0, 0.05) is 23.0 Å². The molecule has 1 atom stereocenters. The summed E-state index contributed by atoms with van der Waals surface area (Å²) in [4.78, 5) is 5.53. The number of ether oxygens (including phenoxy) is 2. The van der Waals surface area contributed by atoms with Crippen LogP contribution in [-0.2, 0) is 6.54 Å². The average molecular weight is 276 g/mol. The van der Waals surface area contributed by atoms with Gasteiger partial charge in [0.1, 0.15) is 0 Å². The first-order valence-electron chi connectivity index (χ1n) is 6.26. The number of aromatic nitrogens is 1. The molecule has 0 amide bonds. The summed E-state index contributed by atoms with van der Waals surface area (Å²) in [6.45, 7) is 5.30. The zero-order chi connectivity index (χ0) is 13.2.